The predicted molar refractivity (Wildman–Crippen MR) is 113 cm³/mol. The molecular formula is C19H27Cl2N5O. The molecule has 0 bridgehead atoms. The van der Waals surface area contributed by atoms with Crippen LogP contribution in [-0.4, -0.2) is 21.6 Å². The van der Waals surface area contributed by atoms with Crippen LogP contribution in [0.4, 0.5) is 11.8 Å². The molecule has 2 heterocycles. The maximum Gasteiger partial charge on any atom is 0.222 e. The second kappa shape index (κ2) is 8.09. The average molecular weight is 412 g/mol. The first kappa shape index (κ1) is 21.5. The summed E-state index contributed by atoms with van der Waals surface area (Å²) in [6, 6.07) is 8.62. The van der Waals surface area contributed by atoms with Crippen molar-refractivity contribution in [1.82, 2.24) is 9.97 Å². The van der Waals surface area contributed by atoms with Crippen LogP contribution in [0.15, 0.2) is 24.3 Å². The molecular weight excluding hydrogens is 385 g/mol. The Balaban J connectivity index is 0.00000131. The zero-order valence-electron chi connectivity index (χ0n) is 15.6. The maximum atomic E-state index is 5.93. The minimum Gasteiger partial charge on any atom is -0.487 e. The molecule has 0 unspecified atom stereocenters. The molecule has 0 radical (unpaired) electrons. The van der Waals surface area contributed by atoms with Gasteiger partial charge in [-0.3, -0.25) is 0 Å². The molecule has 1 aromatic heterocycles. The van der Waals surface area contributed by atoms with E-state index in [1.54, 1.807) is 0 Å². The number of fused-ring (bicyclic) bond motifs is 1. The van der Waals surface area contributed by atoms with Crippen LogP contribution < -0.4 is 21.5 Å². The zero-order valence-corrected chi connectivity index (χ0v) is 17.2. The van der Waals surface area contributed by atoms with Crippen molar-refractivity contribution in [3.63, 3.8) is 0 Å². The Kier molecular flexibility index (Phi) is 6.45. The molecule has 0 saturated heterocycles. The Morgan fingerprint density at radius 2 is 1.93 bits per heavy atom. The Labute approximate surface area is 172 Å². The number of hydrogen-bond donors (Lipinski definition) is 3. The Morgan fingerprint density at radius 1 is 1.19 bits per heavy atom. The third kappa shape index (κ3) is 4.75. The normalized spacial score (nSPS) is 21.7. The smallest absolute Gasteiger partial charge is 0.222 e. The number of ether oxygens (including phenoxy) is 1. The van der Waals surface area contributed by atoms with Gasteiger partial charge in [-0.2, -0.15) is 4.98 Å². The van der Waals surface area contributed by atoms with E-state index in [1.165, 1.54) is 11.1 Å². The maximum absolute atomic E-state index is 5.93. The van der Waals surface area contributed by atoms with Gasteiger partial charge in [0.05, 0.1) is 5.69 Å². The fourth-order valence-electron chi connectivity index (χ4n) is 3.65. The number of aromatic nitrogens is 2. The van der Waals surface area contributed by atoms with Crippen molar-refractivity contribution >= 4 is 36.6 Å². The van der Waals surface area contributed by atoms with Crippen LogP contribution in [0.1, 0.15) is 49.4 Å². The number of halogens is 2. The zero-order chi connectivity index (χ0) is 17.6. The molecule has 0 spiro atoms. The largest absolute Gasteiger partial charge is 0.487 e. The van der Waals surface area contributed by atoms with E-state index < -0.39 is 0 Å². The summed E-state index contributed by atoms with van der Waals surface area (Å²) in [7, 11) is 0. The van der Waals surface area contributed by atoms with Crippen molar-refractivity contribution < 1.29 is 4.74 Å². The summed E-state index contributed by atoms with van der Waals surface area (Å²) in [6.07, 6.45) is 2.87. The molecule has 1 fully saturated rings. The highest BCUT2D eigenvalue weighted by molar-refractivity contribution is 5.85. The van der Waals surface area contributed by atoms with Gasteiger partial charge in [0.2, 0.25) is 5.95 Å². The molecule has 4 rings (SSSR count). The number of rotatable bonds is 4. The lowest BCUT2D eigenvalue weighted by Crippen LogP contribution is -2.35. The second-order valence-corrected chi connectivity index (χ2v) is 7.80. The van der Waals surface area contributed by atoms with E-state index in [0.717, 1.165) is 36.5 Å². The molecule has 1 aromatic carbocycles. The van der Waals surface area contributed by atoms with Crippen LogP contribution in [0.25, 0.3) is 0 Å². The van der Waals surface area contributed by atoms with Crippen LogP contribution in [0, 0.1) is 0 Å². The fourth-order valence-corrected chi connectivity index (χ4v) is 3.65. The molecule has 148 valence electrons. The van der Waals surface area contributed by atoms with Crippen molar-refractivity contribution in [1.29, 1.82) is 0 Å². The lowest BCUT2D eigenvalue weighted by atomic mass is 9.78. The second-order valence-electron chi connectivity index (χ2n) is 7.80. The summed E-state index contributed by atoms with van der Waals surface area (Å²) in [4.78, 5) is 8.67. The van der Waals surface area contributed by atoms with Crippen LogP contribution >= 0.6 is 24.8 Å². The van der Waals surface area contributed by atoms with Gasteiger partial charge in [0.15, 0.2) is 0 Å². The van der Waals surface area contributed by atoms with E-state index in [1.807, 2.05) is 6.07 Å². The van der Waals surface area contributed by atoms with Crippen molar-refractivity contribution in [3.8, 4) is 5.75 Å². The first-order valence-electron chi connectivity index (χ1n) is 8.83. The number of benzene rings is 1. The lowest BCUT2D eigenvalue weighted by Gasteiger charge is -2.32. The minimum absolute atomic E-state index is 0. The van der Waals surface area contributed by atoms with Gasteiger partial charge in [-0.1, -0.05) is 12.1 Å². The number of nitrogens with two attached hydrogens (primary N) is 2. The van der Waals surface area contributed by atoms with Gasteiger partial charge in [0, 0.05) is 31.0 Å². The summed E-state index contributed by atoms with van der Waals surface area (Å²) in [6.45, 7) is 4.92. The van der Waals surface area contributed by atoms with E-state index in [4.69, 9.17) is 16.2 Å². The third-order valence-electron chi connectivity index (χ3n) is 4.96. The van der Waals surface area contributed by atoms with Crippen molar-refractivity contribution in [2.24, 2.45) is 5.73 Å². The van der Waals surface area contributed by atoms with Crippen LogP contribution in [0.2, 0.25) is 0 Å². The monoisotopic (exact) mass is 411 g/mol. The number of hydrogen-bond acceptors (Lipinski definition) is 6. The average Bonchev–Trinajstić information content (AvgIpc) is 2.82. The van der Waals surface area contributed by atoms with Gasteiger partial charge in [-0.15, -0.1) is 24.8 Å². The van der Waals surface area contributed by atoms with E-state index in [0.29, 0.717) is 18.4 Å². The van der Waals surface area contributed by atoms with E-state index >= 15 is 0 Å². The number of nitrogens with zero attached hydrogens (tertiary/aromatic N) is 2. The highest BCUT2D eigenvalue weighted by atomic mass is 35.5. The number of nitrogens with one attached hydrogen (secondary N) is 1. The van der Waals surface area contributed by atoms with Crippen molar-refractivity contribution in [2.75, 3.05) is 11.1 Å². The van der Waals surface area contributed by atoms with E-state index in [-0.39, 0.29) is 36.5 Å². The molecule has 6 nitrogen and oxygen atoms in total. The molecule has 2 aliphatic rings. The summed E-state index contributed by atoms with van der Waals surface area (Å²) in [5.41, 5.74) is 15.1. The highest BCUT2D eigenvalue weighted by Crippen LogP contribution is 2.36. The molecule has 5 N–H and O–H groups in total. The van der Waals surface area contributed by atoms with Gasteiger partial charge < -0.3 is 21.5 Å². The predicted octanol–water partition coefficient (Wildman–Crippen LogP) is 3.43. The van der Waals surface area contributed by atoms with Crippen molar-refractivity contribution in [2.45, 2.75) is 57.2 Å². The Hall–Kier alpha value is -1.76. The molecule has 1 saturated carbocycles. The van der Waals surface area contributed by atoms with Gasteiger partial charge in [-0.05, 0) is 43.9 Å². The third-order valence-corrected chi connectivity index (χ3v) is 4.96. The summed E-state index contributed by atoms with van der Waals surface area (Å²) in [5, 5.41) is 3.37. The SMILES string of the molecule is CC1(C)Cc2cc(CNc3cc(C4CC(N)C4)nc(N)n3)ccc2O1.Cl.Cl. The van der Waals surface area contributed by atoms with Gasteiger partial charge in [0.25, 0.3) is 0 Å². The number of anilines is 2. The van der Waals surface area contributed by atoms with Gasteiger partial charge in [-0.25, -0.2) is 4.98 Å². The molecule has 1 aliphatic heterocycles. The molecule has 0 amide bonds. The van der Waals surface area contributed by atoms with Crippen molar-refractivity contribution in [3.05, 3.63) is 41.1 Å². The minimum atomic E-state index is -0.117. The summed E-state index contributed by atoms with van der Waals surface area (Å²) >= 11 is 0. The first-order chi connectivity index (χ1) is 11.9. The van der Waals surface area contributed by atoms with E-state index in [9.17, 15) is 0 Å². The van der Waals surface area contributed by atoms with Gasteiger partial charge >= 0.3 is 0 Å². The quantitative estimate of drug-likeness (QED) is 0.712. The van der Waals surface area contributed by atoms with Gasteiger partial charge in [0.1, 0.15) is 17.2 Å². The first-order valence-corrected chi connectivity index (χ1v) is 8.83. The molecule has 27 heavy (non-hydrogen) atoms. The molecule has 0 atom stereocenters. The molecule has 8 heteroatoms. The van der Waals surface area contributed by atoms with E-state index in [2.05, 4.69) is 47.3 Å². The fraction of sp³-hybridized carbons (Fsp3) is 0.474. The summed E-state index contributed by atoms with van der Waals surface area (Å²) in [5.74, 6) is 2.47. The molecule has 2 aromatic rings. The molecule has 1 aliphatic carbocycles. The number of nitrogen functional groups attached to an aromatic ring is 1. The van der Waals surface area contributed by atoms with Crippen LogP contribution in [0.5, 0.6) is 5.75 Å². The Morgan fingerprint density at radius 3 is 2.63 bits per heavy atom. The standard InChI is InChI=1S/C19H25N5O.2ClH/c1-19(2)9-13-5-11(3-4-16(13)25-19)10-22-17-8-15(23-18(21)24-17)12-6-14(20)7-12;;/h3-5,8,12,14H,6-7,9-10,20H2,1-2H3,(H3,21,22,23,24);2*1H. The van der Waals surface area contributed by atoms with Crippen LogP contribution in [-0.2, 0) is 13.0 Å². The lowest BCUT2D eigenvalue weighted by molar-refractivity contribution is 0.138. The summed E-state index contributed by atoms with van der Waals surface area (Å²) < 4.78 is 5.93. The van der Waals surface area contributed by atoms with Crippen LogP contribution in [0.3, 0.4) is 0 Å². The topological polar surface area (TPSA) is 99.1 Å². The highest BCUT2D eigenvalue weighted by Gasteiger charge is 2.30. The Bertz CT molecular complexity index is 809.